The van der Waals surface area contributed by atoms with Gasteiger partial charge in [-0.2, -0.15) is 4.98 Å². The summed E-state index contributed by atoms with van der Waals surface area (Å²) in [5.41, 5.74) is 5.35. The summed E-state index contributed by atoms with van der Waals surface area (Å²) in [6.45, 7) is 1.27. The molecule has 0 atom stereocenters. The van der Waals surface area contributed by atoms with Crippen LogP contribution in [0, 0.1) is 0 Å². The Morgan fingerprint density at radius 2 is 2.23 bits per heavy atom. The van der Waals surface area contributed by atoms with Crippen molar-refractivity contribution >= 4 is 11.9 Å². The second-order valence-corrected chi connectivity index (χ2v) is 2.97. The van der Waals surface area contributed by atoms with Crippen LogP contribution in [0.3, 0.4) is 0 Å². The minimum absolute atomic E-state index is 0.579. The highest BCUT2D eigenvalue weighted by Crippen LogP contribution is 2.08. The van der Waals surface area contributed by atoms with Crippen LogP contribution in [0.25, 0.3) is 0 Å². The number of aryl methyl sites for hydroxylation is 1. The smallest absolute Gasteiger partial charge is 0.243 e. The Balaban J connectivity index is 2.71. The molecule has 6 heteroatoms. The van der Waals surface area contributed by atoms with Gasteiger partial charge in [0.25, 0.3) is 0 Å². The quantitative estimate of drug-likeness (QED) is 0.644. The number of nitrogens with two attached hydrogens (primary N) is 1. The third-order valence-electron chi connectivity index (χ3n) is 1.57. The standard InChI is InChI=1S/C7H16N6/c1-12(2)7-10-6(9-5-4-8)11-13(7)3/h4-5,8H2,1-3H3,(H,9,11). The van der Waals surface area contributed by atoms with Crippen molar-refractivity contribution in [1.29, 1.82) is 0 Å². The number of nitrogens with one attached hydrogen (secondary N) is 1. The fourth-order valence-corrected chi connectivity index (χ4v) is 1.02. The van der Waals surface area contributed by atoms with Crippen molar-refractivity contribution in [3.05, 3.63) is 0 Å². The van der Waals surface area contributed by atoms with E-state index >= 15 is 0 Å². The van der Waals surface area contributed by atoms with Crippen LogP contribution >= 0.6 is 0 Å². The Morgan fingerprint density at radius 1 is 1.54 bits per heavy atom. The monoisotopic (exact) mass is 184 g/mol. The van der Waals surface area contributed by atoms with Crippen molar-refractivity contribution in [2.75, 3.05) is 37.4 Å². The molecule has 0 aliphatic rings. The molecular formula is C7H16N6. The molecule has 3 N–H and O–H groups in total. The van der Waals surface area contributed by atoms with Crippen LogP contribution in [0.15, 0.2) is 0 Å². The van der Waals surface area contributed by atoms with Crippen molar-refractivity contribution in [2.24, 2.45) is 12.8 Å². The van der Waals surface area contributed by atoms with Crippen LogP contribution in [0.1, 0.15) is 0 Å². The third kappa shape index (κ3) is 2.32. The van der Waals surface area contributed by atoms with Crippen LogP contribution in [0.4, 0.5) is 11.9 Å². The first-order valence-corrected chi connectivity index (χ1v) is 4.17. The first-order valence-electron chi connectivity index (χ1n) is 4.17. The lowest BCUT2D eigenvalue weighted by Crippen LogP contribution is -2.14. The van der Waals surface area contributed by atoms with Gasteiger partial charge in [0.05, 0.1) is 0 Å². The van der Waals surface area contributed by atoms with Crippen LogP contribution < -0.4 is 16.0 Å². The number of hydrogen-bond acceptors (Lipinski definition) is 5. The average Bonchev–Trinajstić information content (AvgIpc) is 2.43. The fraction of sp³-hybridized carbons (Fsp3) is 0.714. The minimum atomic E-state index is 0.579. The molecule has 0 radical (unpaired) electrons. The topological polar surface area (TPSA) is 72.0 Å². The highest BCUT2D eigenvalue weighted by Gasteiger charge is 2.06. The fourth-order valence-electron chi connectivity index (χ4n) is 1.02. The molecule has 1 heterocycles. The summed E-state index contributed by atoms with van der Waals surface area (Å²) in [5.74, 6) is 1.44. The predicted octanol–water partition coefficient (Wildman–Crippen LogP) is -0.748. The van der Waals surface area contributed by atoms with Crippen molar-refractivity contribution in [3.63, 3.8) is 0 Å². The van der Waals surface area contributed by atoms with Crippen LogP contribution in [-0.2, 0) is 7.05 Å². The average molecular weight is 184 g/mol. The summed E-state index contributed by atoms with van der Waals surface area (Å²) in [4.78, 5) is 6.16. The Hall–Kier alpha value is -1.30. The molecule has 0 aromatic carbocycles. The zero-order valence-corrected chi connectivity index (χ0v) is 8.28. The molecule has 0 amide bonds. The number of rotatable bonds is 4. The van der Waals surface area contributed by atoms with E-state index in [0.717, 1.165) is 5.95 Å². The molecule has 1 aromatic rings. The Labute approximate surface area is 77.7 Å². The lowest BCUT2D eigenvalue weighted by Gasteiger charge is -2.08. The van der Waals surface area contributed by atoms with E-state index in [9.17, 15) is 0 Å². The van der Waals surface area contributed by atoms with Crippen molar-refractivity contribution < 1.29 is 0 Å². The number of nitrogens with zero attached hydrogens (tertiary/aromatic N) is 4. The summed E-state index contributed by atoms with van der Waals surface area (Å²) in [6, 6.07) is 0. The van der Waals surface area contributed by atoms with Gasteiger partial charge in [0.1, 0.15) is 0 Å². The molecular weight excluding hydrogens is 168 g/mol. The first-order chi connectivity index (χ1) is 6.15. The van der Waals surface area contributed by atoms with Crippen molar-refractivity contribution in [1.82, 2.24) is 14.8 Å². The molecule has 1 aromatic heterocycles. The highest BCUT2D eigenvalue weighted by atomic mass is 15.4. The molecule has 0 aliphatic carbocycles. The highest BCUT2D eigenvalue weighted by molar-refractivity contribution is 5.36. The Kier molecular flexibility index (Phi) is 3.07. The van der Waals surface area contributed by atoms with Gasteiger partial charge in [-0.1, -0.05) is 0 Å². The largest absolute Gasteiger partial charge is 0.352 e. The van der Waals surface area contributed by atoms with E-state index in [1.54, 1.807) is 4.68 Å². The van der Waals surface area contributed by atoms with Gasteiger partial charge in [-0.25, -0.2) is 4.68 Å². The van der Waals surface area contributed by atoms with E-state index in [1.807, 2.05) is 26.0 Å². The number of aromatic nitrogens is 3. The molecule has 0 saturated heterocycles. The summed E-state index contributed by atoms with van der Waals surface area (Å²) in [7, 11) is 5.71. The first kappa shape index (κ1) is 9.79. The predicted molar refractivity (Wildman–Crippen MR) is 52.9 cm³/mol. The van der Waals surface area contributed by atoms with E-state index in [4.69, 9.17) is 5.73 Å². The maximum absolute atomic E-state index is 5.35. The van der Waals surface area contributed by atoms with Crippen LogP contribution in [0.5, 0.6) is 0 Å². The maximum atomic E-state index is 5.35. The van der Waals surface area contributed by atoms with Gasteiger partial charge < -0.3 is 16.0 Å². The number of hydrogen-bond donors (Lipinski definition) is 2. The zero-order chi connectivity index (χ0) is 9.84. The summed E-state index contributed by atoms with van der Waals surface area (Å²) in [5, 5.41) is 7.18. The van der Waals surface area contributed by atoms with Gasteiger partial charge >= 0.3 is 0 Å². The second-order valence-electron chi connectivity index (χ2n) is 2.97. The van der Waals surface area contributed by atoms with E-state index in [2.05, 4.69) is 15.4 Å². The van der Waals surface area contributed by atoms with Gasteiger partial charge in [0.15, 0.2) is 0 Å². The lowest BCUT2D eigenvalue weighted by atomic mass is 10.6. The minimum Gasteiger partial charge on any atom is -0.352 e. The van der Waals surface area contributed by atoms with Crippen molar-refractivity contribution in [2.45, 2.75) is 0 Å². The molecule has 6 nitrogen and oxygen atoms in total. The molecule has 0 spiro atoms. The SMILES string of the molecule is CN(C)c1nc(NCCN)nn1C. The Bertz CT molecular complexity index is 266. The molecule has 74 valence electrons. The zero-order valence-electron chi connectivity index (χ0n) is 8.28. The van der Waals surface area contributed by atoms with Crippen molar-refractivity contribution in [3.8, 4) is 0 Å². The summed E-state index contributed by atoms with van der Waals surface area (Å²) in [6.07, 6.45) is 0. The molecule has 0 aliphatic heterocycles. The summed E-state index contributed by atoms with van der Waals surface area (Å²) < 4.78 is 1.72. The molecule has 0 unspecified atom stereocenters. The molecule has 0 fully saturated rings. The molecule has 0 bridgehead atoms. The second kappa shape index (κ2) is 4.08. The van der Waals surface area contributed by atoms with E-state index in [1.165, 1.54) is 0 Å². The van der Waals surface area contributed by atoms with E-state index in [0.29, 0.717) is 19.0 Å². The third-order valence-corrected chi connectivity index (χ3v) is 1.57. The van der Waals surface area contributed by atoms with Gasteiger partial charge in [-0.05, 0) is 0 Å². The van der Waals surface area contributed by atoms with Gasteiger partial charge in [-0.3, -0.25) is 0 Å². The lowest BCUT2D eigenvalue weighted by molar-refractivity contribution is 0.751. The molecule has 13 heavy (non-hydrogen) atoms. The molecule has 1 rings (SSSR count). The Morgan fingerprint density at radius 3 is 2.69 bits per heavy atom. The normalized spacial score (nSPS) is 10.2. The van der Waals surface area contributed by atoms with Gasteiger partial charge in [-0.15, -0.1) is 5.10 Å². The van der Waals surface area contributed by atoms with Gasteiger partial charge in [0, 0.05) is 34.2 Å². The van der Waals surface area contributed by atoms with E-state index in [-0.39, 0.29) is 0 Å². The van der Waals surface area contributed by atoms with E-state index < -0.39 is 0 Å². The molecule has 0 saturated carbocycles. The maximum Gasteiger partial charge on any atom is 0.243 e. The van der Waals surface area contributed by atoms with Gasteiger partial charge in [0.2, 0.25) is 11.9 Å². The van der Waals surface area contributed by atoms with Crippen LogP contribution in [0.2, 0.25) is 0 Å². The summed E-state index contributed by atoms with van der Waals surface area (Å²) >= 11 is 0. The van der Waals surface area contributed by atoms with Crippen LogP contribution in [-0.4, -0.2) is 41.9 Å². The number of anilines is 2.